The topological polar surface area (TPSA) is 43.2 Å². The predicted octanol–water partition coefficient (Wildman–Crippen LogP) is 2.43. The van der Waals surface area contributed by atoms with Crippen LogP contribution in [0.15, 0.2) is 34.6 Å². The number of hydrogen-bond acceptors (Lipinski definition) is 4. The van der Waals surface area contributed by atoms with Gasteiger partial charge in [0.2, 0.25) is 0 Å². The van der Waals surface area contributed by atoms with Crippen molar-refractivity contribution in [3.05, 3.63) is 35.4 Å². The second kappa shape index (κ2) is 5.90. The largest absolute Gasteiger partial charge is 0.399 e. The van der Waals surface area contributed by atoms with Crippen LogP contribution in [-0.4, -0.2) is 25.6 Å². The summed E-state index contributed by atoms with van der Waals surface area (Å²) in [4.78, 5) is 9.44. The molecule has 0 saturated carbocycles. The third kappa shape index (κ3) is 3.08. The van der Waals surface area contributed by atoms with E-state index in [4.69, 9.17) is 9.68 Å². The maximum atomic E-state index is 4.72. The molecule has 1 rings (SSSR count). The Bertz CT molecular complexity index is 355. The number of nitrogens with zero attached hydrogens (tertiary/aromatic N) is 2. The SMILES string of the molecule is CO/N=C(\C)c1ccc(/C(C)=N/OC)cc1. The smallest absolute Gasteiger partial charge is 0.106 e. The quantitative estimate of drug-likeness (QED) is 0.577. The summed E-state index contributed by atoms with van der Waals surface area (Å²) >= 11 is 0. The Morgan fingerprint density at radius 2 is 1.12 bits per heavy atom. The minimum atomic E-state index is 0.843. The summed E-state index contributed by atoms with van der Waals surface area (Å²) in [6.45, 7) is 3.79. The number of rotatable bonds is 4. The van der Waals surface area contributed by atoms with Gasteiger partial charge >= 0.3 is 0 Å². The first kappa shape index (κ1) is 12.2. The standard InChI is InChI=1S/C12H16N2O2/c1-9(13-15-3)11-5-7-12(8-6-11)10(2)14-16-4/h5-8H,1-4H3/b13-9+,14-10+. The first-order valence-electron chi connectivity index (χ1n) is 4.95. The van der Waals surface area contributed by atoms with E-state index in [1.165, 1.54) is 14.2 Å². The van der Waals surface area contributed by atoms with Crippen molar-refractivity contribution in [2.45, 2.75) is 13.8 Å². The van der Waals surface area contributed by atoms with Crippen molar-refractivity contribution in [1.29, 1.82) is 0 Å². The maximum Gasteiger partial charge on any atom is 0.106 e. The Balaban J connectivity index is 2.91. The van der Waals surface area contributed by atoms with Crippen molar-refractivity contribution in [2.75, 3.05) is 14.2 Å². The lowest BCUT2D eigenvalue weighted by atomic mass is 10.1. The Morgan fingerprint density at radius 3 is 1.38 bits per heavy atom. The molecular formula is C12H16N2O2. The summed E-state index contributed by atoms with van der Waals surface area (Å²) in [5.41, 5.74) is 3.73. The van der Waals surface area contributed by atoms with Crippen molar-refractivity contribution >= 4 is 11.4 Å². The molecule has 0 heterocycles. The molecule has 0 fully saturated rings. The molecule has 0 saturated heterocycles. The van der Waals surface area contributed by atoms with Crippen LogP contribution in [0.3, 0.4) is 0 Å². The molecule has 0 spiro atoms. The summed E-state index contributed by atoms with van der Waals surface area (Å²) in [5, 5.41) is 7.73. The van der Waals surface area contributed by atoms with Crippen LogP contribution in [0.1, 0.15) is 25.0 Å². The molecule has 0 aliphatic carbocycles. The predicted molar refractivity (Wildman–Crippen MR) is 64.9 cm³/mol. The lowest BCUT2D eigenvalue weighted by Crippen LogP contribution is -1.99. The highest BCUT2D eigenvalue weighted by atomic mass is 16.6. The second-order valence-corrected chi connectivity index (χ2v) is 3.30. The number of oxime groups is 2. The zero-order chi connectivity index (χ0) is 12.0. The summed E-state index contributed by atoms with van der Waals surface area (Å²) in [6.07, 6.45) is 0. The van der Waals surface area contributed by atoms with Crippen LogP contribution in [0.4, 0.5) is 0 Å². The molecular weight excluding hydrogens is 204 g/mol. The van der Waals surface area contributed by atoms with E-state index in [1.807, 2.05) is 38.1 Å². The fraction of sp³-hybridized carbons (Fsp3) is 0.333. The highest BCUT2D eigenvalue weighted by molar-refractivity contribution is 6.01. The molecule has 0 radical (unpaired) electrons. The minimum Gasteiger partial charge on any atom is -0.399 e. The Hall–Kier alpha value is -1.84. The maximum absolute atomic E-state index is 4.72. The van der Waals surface area contributed by atoms with E-state index in [2.05, 4.69) is 10.3 Å². The number of benzene rings is 1. The monoisotopic (exact) mass is 220 g/mol. The molecule has 0 unspecified atom stereocenters. The Labute approximate surface area is 95.5 Å². The molecule has 1 aromatic carbocycles. The van der Waals surface area contributed by atoms with Gasteiger partial charge in [-0.05, 0) is 25.0 Å². The van der Waals surface area contributed by atoms with Crippen molar-refractivity contribution in [2.24, 2.45) is 10.3 Å². The molecule has 0 bridgehead atoms. The van der Waals surface area contributed by atoms with Crippen LogP contribution < -0.4 is 0 Å². The van der Waals surface area contributed by atoms with Gasteiger partial charge in [-0.3, -0.25) is 0 Å². The average molecular weight is 220 g/mol. The lowest BCUT2D eigenvalue weighted by Gasteiger charge is -2.02. The van der Waals surface area contributed by atoms with E-state index in [0.717, 1.165) is 22.6 Å². The van der Waals surface area contributed by atoms with Gasteiger partial charge in [0.1, 0.15) is 14.2 Å². The van der Waals surface area contributed by atoms with Gasteiger partial charge in [-0.15, -0.1) is 0 Å². The molecule has 0 N–H and O–H groups in total. The van der Waals surface area contributed by atoms with E-state index < -0.39 is 0 Å². The van der Waals surface area contributed by atoms with Crippen LogP contribution in [0.5, 0.6) is 0 Å². The fourth-order valence-electron chi connectivity index (χ4n) is 1.33. The van der Waals surface area contributed by atoms with Crippen LogP contribution in [0, 0.1) is 0 Å². The average Bonchev–Trinajstić information content (AvgIpc) is 2.30. The first-order chi connectivity index (χ1) is 7.69. The van der Waals surface area contributed by atoms with E-state index >= 15 is 0 Å². The molecule has 4 heteroatoms. The van der Waals surface area contributed by atoms with Gasteiger partial charge in [0, 0.05) is 0 Å². The lowest BCUT2D eigenvalue weighted by molar-refractivity contribution is 0.213. The zero-order valence-corrected chi connectivity index (χ0v) is 10.0. The highest BCUT2D eigenvalue weighted by Crippen LogP contribution is 2.07. The van der Waals surface area contributed by atoms with E-state index in [0.29, 0.717) is 0 Å². The molecule has 0 atom stereocenters. The van der Waals surface area contributed by atoms with Gasteiger partial charge in [-0.25, -0.2) is 0 Å². The van der Waals surface area contributed by atoms with Gasteiger partial charge in [-0.2, -0.15) is 0 Å². The molecule has 0 amide bonds. The Kier molecular flexibility index (Phi) is 4.51. The first-order valence-corrected chi connectivity index (χ1v) is 4.95. The van der Waals surface area contributed by atoms with E-state index in [9.17, 15) is 0 Å². The van der Waals surface area contributed by atoms with Crippen LogP contribution in [0.25, 0.3) is 0 Å². The molecule has 4 nitrogen and oxygen atoms in total. The zero-order valence-electron chi connectivity index (χ0n) is 10.0. The van der Waals surface area contributed by atoms with Crippen LogP contribution in [-0.2, 0) is 9.68 Å². The van der Waals surface area contributed by atoms with Gasteiger partial charge in [-0.1, -0.05) is 34.6 Å². The van der Waals surface area contributed by atoms with Crippen molar-refractivity contribution in [3.63, 3.8) is 0 Å². The Morgan fingerprint density at radius 1 is 0.812 bits per heavy atom. The van der Waals surface area contributed by atoms with Crippen molar-refractivity contribution in [1.82, 2.24) is 0 Å². The normalized spacial score (nSPS) is 12.5. The van der Waals surface area contributed by atoms with Crippen molar-refractivity contribution < 1.29 is 9.68 Å². The van der Waals surface area contributed by atoms with Gasteiger partial charge in [0.25, 0.3) is 0 Å². The third-order valence-electron chi connectivity index (χ3n) is 2.18. The molecule has 0 aliphatic heterocycles. The van der Waals surface area contributed by atoms with Gasteiger partial charge < -0.3 is 9.68 Å². The second-order valence-electron chi connectivity index (χ2n) is 3.30. The highest BCUT2D eigenvalue weighted by Gasteiger charge is 2.01. The number of hydrogen-bond donors (Lipinski definition) is 0. The summed E-state index contributed by atoms with van der Waals surface area (Å²) < 4.78 is 0. The summed E-state index contributed by atoms with van der Waals surface area (Å²) in [7, 11) is 3.07. The molecule has 1 aromatic rings. The summed E-state index contributed by atoms with van der Waals surface area (Å²) in [5.74, 6) is 0. The summed E-state index contributed by atoms with van der Waals surface area (Å²) in [6, 6.07) is 7.90. The molecule has 0 aromatic heterocycles. The van der Waals surface area contributed by atoms with Crippen LogP contribution >= 0.6 is 0 Å². The van der Waals surface area contributed by atoms with Gasteiger partial charge in [0.05, 0.1) is 11.4 Å². The molecule has 0 aliphatic rings. The molecule has 16 heavy (non-hydrogen) atoms. The third-order valence-corrected chi connectivity index (χ3v) is 2.18. The van der Waals surface area contributed by atoms with Crippen molar-refractivity contribution in [3.8, 4) is 0 Å². The fourth-order valence-corrected chi connectivity index (χ4v) is 1.33. The molecule has 86 valence electrons. The minimum absolute atomic E-state index is 0.843. The van der Waals surface area contributed by atoms with Crippen LogP contribution in [0.2, 0.25) is 0 Å². The van der Waals surface area contributed by atoms with Gasteiger partial charge in [0.15, 0.2) is 0 Å². The van der Waals surface area contributed by atoms with E-state index in [-0.39, 0.29) is 0 Å². The van der Waals surface area contributed by atoms with E-state index in [1.54, 1.807) is 0 Å².